The zero-order valence-electron chi connectivity index (χ0n) is 10.3. The smallest absolute Gasteiger partial charge is 0.218 e. The van der Waals surface area contributed by atoms with Crippen LogP contribution in [0, 0.1) is 6.92 Å². The first-order chi connectivity index (χ1) is 8.71. The number of hydrogen-bond acceptors (Lipinski definition) is 4. The topological polar surface area (TPSA) is 47.0 Å². The summed E-state index contributed by atoms with van der Waals surface area (Å²) in [5.74, 6) is 2.39. The molecule has 0 bridgehead atoms. The fourth-order valence-corrected chi connectivity index (χ4v) is 1.76. The number of nitrogens with zero attached hydrogens (tertiary/aromatic N) is 2. The van der Waals surface area contributed by atoms with Crippen LogP contribution in [0.25, 0.3) is 0 Å². The summed E-state index contributed by atoms with van der Waals surface area (Å²) in [6.45, 7) is 1.82. The van der Waals surface area contributed by atoms with Crippen LogP contribution in [0.4, 0.5) is 11.5 Å². The average molecular weight is 264 g/mol. The van der Waals surface area contributed by atoms with E-state index in [9.17, 15) is 0 Å². The molecule has 1 aromatic heterocycles. The lowest BCUT2D eigenvalue weighted by atomic mass is 10.2. The van der Waals surface area contributed by atoms with Gasteiger partial charge in [-0.15, -0.1) is 11.6 Å². The molecule has 0 saturated carbocycles. The molecule has 2 aromatic rings. The van der Waals surface area contributed by atoms with Gasteiger partial charge in [-0.2, -0.15) is 4.98 Å². The molecule has 0 amide bonds. The van der Waals surface area contributed by atoms with Crippen LogP contribution in [-0.2, 0) is 5.88 Å². The van der Waals surface area contributed by atoms with Crippen LogP contribution in [0.1, 0.15) is 11.4 Å². The number of hydrogen-bond donors (Lipinski definition) is 1. The van der Waals surface area contributed by atoms with Crippen molar-refractivity contribution in [2.75, 3.05) is 12.4 Å². The van der Waals surface area contributed by atoms with Crippen molar-refractivity contribution in [2.24, 2.45) is 0 Å². The summed E-state index contributed by atoms with van der Waals surface area (Å²) in [5, 5.41) is 3.20. The molecular weight excluding hydrogens is 250 g/mol. The van der Waals surface area contributed by atoms with E-state index < -0.39 is 0 Å². The summed E-state index contributed by atoms with van der Waals surface area (Å²) < 4.78 is 5.11. The minimum absolute atomic E-state index is 0.488. The van der Waals surface area contributed by atoms with Gasteiger partial charge in [0.05, 0.1) is 7.11 Å². The molecule has 18 heavy (non-hydrogen) atoms. The van der Waals surface area contributed by atoms with Gasteiger partial charge in [0.25, 0.3) is 0 Å². The molecule has 1 heterocycles. The highest BCUT2D eigenvalue weighted by atomic mass is 35.5. The molecule has 0 radical (unpaired) electrons. The van der Waals surface area contributed by atoms with Crippen LogP contribution >= 0.6 is 11.6 Å². The van der Waals surface area contributed by atoms with E-state index >= 15 is 0 Å². The highest BCUT2D eigenvalue weighted by Crippen LogP contribution is 2.19. The van der Waals surface area contributed by atoms with Gasteiger partial charge in [-0.25, -0.2) is 4.98 Å². The normalized spacial score (nSPS) is 10.2. The molecular formula is C13H14ClN3O. The van der Waals surface area contributed by atoms with Crippen molar-refractivity contribution >= 4 is 23.1 Å². The predicted octanol–water partition coefficient (Wildman–Crippen LogP) is 3.28. The Kier molecular flexibility index (Phi) is 3.99. The van der Waals surface area contributed by atoms with Crippen LogP contribution in [0.2, 0.25) is 0 Å². The standard InChI is InChI=1S/C13H14ClN3O/c1-9-15-12(7-13(16-9)18-2)17-11-5-3-4-10(6-11)8-14/h3-7H,8H2,1-2H3,(H,15,16,17). The van der Waals surface area contributed by atoms with Crippen LogP contribution in [0.5, 0.6) is 5.88 Å². The largest absolute Gasteiger partial charge is 0.481 e. The lowest BCUT2D eigenvalue weighted by Crippen LogP contribution is -1.99. The van der Waals surface area contributed by atoms with Crippen LogP contribution in [-0.4, -0.2) is 17.1 Å². The molecule has 4 nitrogen and oxygen atoms in total. The number of alkyl halides is 1. The van der Waals surface area contributed by atoms with Gasteiger partial charge < -0.3 is 10.1 Å². The predicted molar refractivity (Wildman–Crippen MR) is 72.6 cm³/mol. The van der Waals surface area contributed by atoms with Gasteiger partial charge in [-0.3, -0.25) is 0 Å². The SMILES string of the molecule is COc1cc(Nc2cccc(CCl)c2)nc(C)n1. The Morgan fingerprint density at radius 3 is 2.83 bits per heavy atom. The van der Waals surface area contributed by atoms with Gasteiger partial charge in [0.15, 0.2) is 0 Å². The van der Waals surface area contributed by atoms with E-state index in [2.05, 4.69) is 15.3 Å². The molecule has 94 valence electrons. The molecule has 0 aliphatic heterocycles. The molecule has 0 aliphatic rings. The highest BCUT2D eigenvalue weighted by Gasteiger charge is 2.02. The monoisotopic (exact) mass is 263 g/mol. The fourth-order valence-electron chi connectivity index (χ4n) is 1.59. The van der Waals surface area contributed by atoms with Crippen molar-refractivity contribution in [1.82, 2.24) is 9.97 Å². The Labute approximate surface area is 111 Å². The number of aromatic nitrogens is 2. The van der Waals surface area contributed by atoms with Gasteiger partial charge in [0, 0.05) is 17.6 Å². The Morgan fingerprint density at radius 1 is 1.28 bits per heavy atom. The molecule has 0 unspecified atom stereocenters. The van der Waals surface area contributed by atoms with E-state index in [4.69, 9.17) is 16.3 Å². The molecule has 0 aliphatic carbocycles. The van der Waals surface area contributed by atoms with Gasteiger partial charge in [-0.1, -0.05) is 12.1 Å². The third kappa shape index (κ3) is 3.11. The molecule has 0 fully saturated rings. The fraction of sp³-hybridized carbons (Fsp3) is 0.231. The number of benzene rings is 1. The summed E-state index contributed by atoms with van der Waals surface area (Å²) in [6, 6.07) is 9.62. The van der Waals surface area contributed by atoms with Crippen LogP contribution in [0.15, 0.2) is 30.3 Å². The summed E-state index contributed by atoms with van der Waals surface area (Å²) >= 11 is 5.80. The highest BCUT2D eigenvalue weighted by molar-refractivity contribution is 6.17. The molecule has 0 spiro atoms. The maximum atomic E-state index is 5.80. The van der Waals surface area contributed by atoms with Crippen molar-refractivity contribution in [3.05, 3.63) is 41.7 Å². The van der Waals surface area contributed by atoms with E-state index in [0.29, 0.717) is 23.4 Å². The number of ether oxygens (including phenoxy) is 1. The van der Waals surface area contributed by atoms with Gasteiger partial charge in [0.2, 0.25) is 5.88 Å². The van der Waals surface area contributed by atoms with Gasteiger partial charge in [-0.05, 0) is 24.6 Å². The number of methoxy groups -OCH3 is 1. The second-order valence-corrected chi connectivity index (χ2v) is 4.07. The minimum atomic E-state index is 0.488. The van der Waals surface area contributed by atoms with Crippen LogP contribution < -0.4 is 10.1 Å². The maximum absolute atomic E-state index is 5.80. The average Bonchev–Trinajstić information content (AvgIpc) is 2.38. The van der Waals surface area contributed by atoms with E-state index in [1.165, 1.54) is 0 Å². The Hall–Kier alpha value is -1.81. The number of nitrogens with one attached hydrogen (secondary N) is 1. The quantitative estimate of drug-likeness (QED) is 0.860. The number of rotatable bonds is 4. The number of halogens is 1. The lowest BCUT2D eigenvalue weighted by Gasteiger charge is -2.08. The maximum Gasteiger partial charge on any atom is 0.218 e. The minimum Gasteiger partial charge on any atom is -0.481 e. The zero-order valence-corrected chi connectivity index (χ0v) is 11.0. The molecule has 1 N–H and O–H groups in total. The first kappa shape index (κ1) is 12.6. The summed E-state index contributed by atoms with van der Waals surface area (Å²) in [5.41, 5.74) is 1.99. The number of aryl methyl sites for hydroxylation is 1. The Balaban J connectivity index is 2.24. The molecule has 0 atom stereocenters. The zero-order chi connectivity index (χ0) is 13.0. The number of anilines is 2. The van der Waals surface area contributed by atoms with Crippen LogP contribution in [0.3, 0.4) is 0 Å². The molecule has 0 saturated heterocycles. The second-order valence-electron chi connectivity index (χ2n) is 3.80. The molecule has 1 aromatic carbocycles. The lowest BCUT2D eigenvalue weighted by molar-refractivity contribution is 0.396. The Bertz CT molecular complexity index is 546. The van der Waals surface area contributed by atoms with Gasteiger partial charge >= 0.3 is 0 Å². The first-order valence-corrected chi connectivity index (χ1v) is 6.06. The van der Waals surface area contributed by atoms with Crippen molar-refractivity contribution in [3.8, 4) is 5.88 Å². The summed E-state index contributed by atoms with van der Waals surface area (Å²) in [4.78, 5) is 8.43. The van der Waals surface area contributed by atoms with Crippen molar-refractivity contribution in [2.45, 2.75) is 12.8 Å². The molecule has 2 rings (SSSR count). The molecule has 5 heteroatoms. The van der Waals surface area contributed by atoms with E-state index in [0.717, 1.165) is 11.3 Å². The van der Waals surface area contributed by atoms with E-state index in [1.807, 2.05) is 31.2 Å². The third-order valence-corrected chi connectivity index (χ3v) is 2.69. The van der Waals surface area contributed by atoms with Gasteiger partial charge in [0.1, 0.15) is 11.6 Å². The Morgan fingerprint density at radius 2 is 2.11 bits per heavy atom. The van der Waals surface area contributed by atoms with E-state index in [1.54, 1.807) is 13.2 Å². The first-order valence-electron chi connectivity index (χ1n) is 5.53. The summed E-state index contributed by atoms with van der Waals surface area (Å²) in [6.07, 6.45) is 0. The third-order valence-electron chi connectivity index (χ3n) is 2.38. The second kappa shape index (κ2) is 5.69. The van der Waals surface area contributed by atoms with Crippen molar-refractivity contribution in [3.63, 3.8) is 0 Å². The van der Waals surface area contributed by atoms with E-state index in [-0.39, 0.29) is 0 Å². The van der Waals surface area contributed by atoms with Crippen molar-refractivity contribution in [1.29, 1.82) is 0 Å². The summed E-state index contributed by atoms with van der Waals surface area (Å²) in [7, 11) is 1.58. The van der Waals surface area contributed by atoms with Crippen molar-refractivity contribution < 1.29 is 4.74 Å².